The predicted molar refractivity (Wildman–Crippen MR) is 72.4 cm³/mol. The first-order valence-corrected chi connectivity index (χ1v) is 5.76. The highest BCUT2D eigenvalue weighted by Gasteiger charge is 2.24. The van der Waals surface area contributed by atoms with E-state index in [0.717, 1.165) is 22.3 Å². The lowest BCUT2D eigenvalue weighted by Crippen LogP contribution is -2.39. The number of rotatable bonds is 2. The minimum Gasteiger partial charge on any atom is -0.465 e. The summed E-state index contributed by atoms with van der Waals surface area (Å²) in [4.78, 5) is 45.5. The molecule has 0 unspecified atom stereocenters. The van der Waals surface area contributed by atoms with Crippen molar-refractivity contribution in [3.63, 3.8) is 0 Å². The van der Waals surface area contributed by atoms with Gasteiger partial charge in [-0.05, 0) is 6.07 Å². The molecule has 1 aromatic carbocycles. The number of carbonyl (C=O) groups is 1. The molecule has 2 rings (SSSR count). The largest absolute Gasteiger partial charge is 0.465 e. The van der Waals surface area contributed by atoms with Gasteiger partial charge in [-0.15, -0.1) is 0 Å². The molecule has 2 aromatic rings. The number of nitrogens with zero attached hydrogens (tertiary/aromatic N) is 3. The van der Waals surface area contributed by atoms with Gasteiger partial charge in [0.15, 0.2) is 0 Å². The molecular formula is C12H11N3O6. The van der Waals surface area contributed by atoms with Crippen LogP contribution in [0.4, 0.5) is 5.69 Å². The quantitative estimate of drug-likeness (QED) is 0.331. The van der Waals surface area contributed by atoms with Crippen molar-refractivity contribution in [2.75, 3.05) is 7.11 Å². The van der Waals surface area contributed by atoms with Crippen LogP contribution in [-0.2, 0) is 18.8 Å². The molecule has 1 heterocycles. The van der Waals surface area contributed by atoms with E-state index in [0.29, 0.717) is 0 Å². The summed E-state index contributed by atoms with van der Waals surface area (Å²) in [6, 6.07) is 2.24. The lowest BCUT2D eigenvalue weighted by molar-refractivity contribution is -0.385. The van der Waals surface area contributed by atoms with E-state index >= 15 is 0 Å². The van der Waals surface area contributed by atoms with Crippen LogP contribution in [-0.4, -0.2) is 27.1 Å². The van der Waals surface area contributed by atoms with Crippen molar-refractivity contribution in [1.29, 1.82) is 0 Å². The molecule has 0 spiro atoms. The van der Waals surface area contributed by atoms with Gasteiger partial charge < -0.3 is 13.9 Å². The number of aryl methyl sites for hydroxylation is 2. The molecule has 0 fully saturated rings. The summed E-state index contributed by atoms with van der Waals surface area (Å²) in [5.74, 6) is -0.898. The number of methoxy groups -OCH3 is 1. The van der Waals surface area contributed by atoms with Crippen molar-refractivity contribution in [2.45, 2.75) is 0 Å². The van der Waals surface area contributed by atoms with Crippen LogP contribution >= 0.6 is 0 Å². The van der Waals surface area contributed by atoms with Crippen LogP contribution < -0.4 is 11.1 Å². The number of esters is 1. The summed E-state index contributed by atoms with van der Waals surface area (Å²) in [7, 11) is 3.77. The summed E-state index contributed by atoms with van der Waals surface area (Å²) in [6.45, 7) is 0. The lowest BCUT2D eigenvalue weighted by atomic mass is 10.1. The van der Waals surface area contributed by atoms with E-state index in [-0.39, 0.29) is 16.6 Å². The molecule has 0 aliphatic rings. The molecule has 9 nitrogen and oxygen atoms in total. The Morgan fingerprint density at radius 2 is 1.62 bits per heavy atom. The third kappa shape index (κ3) is 2.08. The standard InChI is InChI=1S/C12H11N3O6/c1-13-8-4-6(12(18)21-3)7(15(19)20)5-9(8)14(2)11(17)10(13)16/h4-5H,1-3H3. The third-order valence-corrected chi connectivity index (χ3v) is 3.21. The van der Waals surface area contributed by atoms with E-state index < -0.39 is 27.7 Å². The number of aromatic nitrogens is 2. The molecule has 0 aliphatic carbocycles. The van der Waals surface area contributed by atoms with Gasteiger partial charge in [-0.2, -0.15) is 0 Å². The van der Waals surface area contributed by atoms with Gasteiger partial charge in [-0.3, -0.25) is 19.7 Å². The number of nitro benzene ring substituents is 1. The molecule has 0 radical (unpaired) electrons. The summed E-state index contributed by atoms with van der Waals surface area (Å²) in [5, 5.41) is 11.1. The van der Waals surface area contributed by atoms with Crippen molar-refractivity contribution in [3.8, 4) is 0 Å². The van der Waals surface area contributed by atoms with Crippen molar-refractivity contribution >= 4 is 22.7 Å². The number of hydrogen-bond donors (Lipinski definition) is 0. The average Bonchev–Trinajstić information content (AvgIpc) is 2.48. The molecule has 9 heteroatoms. The van der Waals surface area contributed by atoms with Crippen LogP contribution in [0.2, 0.25) is 0 Å². The SMILES string of the molecule is COC(=O)c1cc2c(cc1[N+](=O)[O-])n(C)c(=O)c(=O)n2C. The first-order valence-electron chi connectivity index (χ1n) is 5.76. The molecule has 0 atom stereocenters. The fourth-order valence-electron chi connectivity index (χ4n) is 2.03. The molecule has 0 saturated heterocycles. The Morgan fingerprint density at radius 1 is 1.14 bits per heavy atom. The van der Waals surface area contributed by atoms with Crippen LogP contribution in [0.25, 0.3) is 11.0 Å². The Kier molecular flexibility index (Phi) is 3.34. The third-order valence-electron chi connectivity index (χ3n) is 3.21. The Balaban J connectivity index is 3.05. The minimum atomic E-state index is -0.898. The monoisotopic (exact) mass is 293 g/mol. The van der Waals surface area contributed by atoms with E-state index in [1.54, 1.807) is 0 Å². The van der Waals surface area contributed by atoms with Crippen LogP contribution in [0.1, 0.15) is 10.4 Å². The van der Waals surface area contributed by atoms with E-state index in [1.165, 1.54) is 20.2 Å². The number of ether oxygens (including phenoxy) is 1. The Labute approximate surface area is 117 Å². The van der Waals surface area contributed by atoms with E-state index in [9.17, 15) is 24.5 Å². The zero-order valence-electron chi connectivity index (χ0n) is 11.4. The van der Waals surface area contributed by atoms with Gasteiger partial charge in [0.05, 0.1) is 23.1 Å². The zero-order chi connectivity index (χ0) is 15.9. The highest BCUT2D eigenvalue weighted by molar-refractivity contribution is 5.98. The molecule has 110 valence electrons. The van der Waals surface area contributed by atoms with Crippen LogP contribution in [0.3, 0.4) is 0 Å². The Morgan fingerprint density at radius 3 is 2.05 bits per heavy atom. The van der Waals surface area contributed by atoms with E-state index in [1.807, 2.05) is 0 Å². The molecule has 0 amide bonds. The van der Waals surface area contributed by atoms with Gasteiger partial charge in [-0.25, -0.2) is 4.79 Å². The number of nitro groups is 1. The van der Waals surface area contributed by atoms with Gasteiger partial charge in [0.1, 0.15) is 5.56 Å². The first-order chi connectivity index (χ1) is 9.79. The van der Waals surface area contributed by atoms with Gasteiger partial charge in [0.2, 0.25) is 0 Å². The summed E-state index contributed by atoms with van der Waals surface area (Å²) < 4.78 is 6.54. The van der Waals surface area contributed by atoms with E-state index in [4.69, 9.17) is 0 Å². The van der Waals surface area contributed by atoms with Crippen LogP contribution in [0.15, 0.2) is 21.7 Å². The number of fused-ring (bicyclic) bond motifs is 1. The first kappa shape index (κ1) is 14.4. The second-order valence-electron chi connectivity index (χ2n) is 4.34. The maximum Gasteiger partial charge on any atom is 0.344 e. The molecule has 21 heavy (non-hydrogen) atoms. The van der Waals surface area contributed by atoms with Crippen molar-refractivity contribution < 1.29 is 14.5 Å². The molecule has 1 aromatic heterocycles. The maximum absolute atomic E-state index is 11.8. The molecular weight excluding hydrogens is 282 g/mol. The normalized spacial score (nSPS) is 10.6. The second-order valence-corrected chi connectivity index (χ2v) is 4.34. The van der Waals surface area contributed by atoms with E-state index in [2.05, 4.69) is 4.74 Å². The van der Waals surface area contributed by atoms with Gasteiger partial charge in [0, 0.05) is 20.2 Å². The summed E-state index contributed by atoms with van der Waals surface area (Å²) in [5.41, 5.74) is -2.01. The molecule has 0 aliphatic heterocycles. The second kappa shape index (κ2) is 4.85. The highest BCUT2D eigenvalue weighted by atomic mass is 16.6. The number of carbonyl (C=O) groups excluding carboxylic acids is 1. The highest BCUT2D eigenvalue weighted by Crippen LogP contribution is 2.25. The lowest BCUT2D eigenvalue weighted by Gasteiger charge is -2.10. The smallest absolute Gasteiger partial charge is 0.344 e. The molecule has 0 bridgehead atoms. The van der Waals surface area contributed by atoms with Gasteiger partial charge >= 0.3 is 17.1 Å². The van der Waals surface area contributed by atoms with Gasteiger partial charge in [-0.1, -0.05) is 0 Å². The minimum absolute atomic E-state index is 0.168. The van der Waals surface area contributed by atoms with Crippen LogP contribution in [0.5, 0.6) is 0 Å². The fourth-order valence-corrected chi connectivity index (χ4v) is 2.03. The Hall–Kier alpha value is -2.97. The number of benzene rings is 1. The van der Waals surface area contributed by atoms with Gasteiger partial charge in [0.25, 0.3) is 5.69 Å². The van der Waals surface area contributed by atoms with Crippen molar-refractivity contribution in [2.24, 2.45) is 14.1 Å². The zero-order valence-corrected chi connectivity index (χ0v) is 11.4. The molecule has 0 saturated carbocycles. The maximum atomic E-state index is 11.8. The summed E-state index contributed by atoms with van der Waals surface area (Å²) in [6.07, 6.45) is 0. The fraction of sp³-hybridized carbons (Fsp3) is 0.250. The molecule has 0 N–H and O–H groups in total. The van der Waals surface area contributed by atoms with Crippen molar-refractivity contribution in [1.82, 2.24) is 9.13 Å². The Bertz CT molecular complexity index is 892. The predicted octanol–water partition coefficient (Wildman–Crippen LogP) is -0.0680. The summed E-state index contributed by atoms with van der Waals surface area (Å²) >= 11 is 0. The topological polar surface area (TPSA) is 113 Å². The van der Waals surface area contributed by atoms with Crippen molar-refractivity contribution in [3.05, 3.63) is 48.5 Å². The number of hydrogen-bond acceptors (Lipinski definition) is 6. The average molecular weight is 293 g/mol. The van der Waals surface area contributed by atoms with Crippen LogP contribution in [0, 0.1) is 10.1 Å².